The highest BCUT2D eigenvalue weighted by Gasteiger charge is 2.36. The van der Waals surface area contributed by atoms with E-state index >= 15 is 0 Å². The van der Waals surface area contributed by atoms with E-state index in [1.54, 1.807) is 0 Å². The molecule has 1 saturated carbocycles. The molecule has 156 valence electrons. The number of carbonyl (C=O) groups is 1. The molecule has 0 saturated heterocycles. The fourth-order valence-electron chi connectivity index (χ4n) is 5.00. The van der Waals surface area contributed by atoms with Crippen molar-refractivity contribution < 1.29 is 4.79 Å². The summed E-state index contributed by atoms with van der Waals surface area (Å²) in [5.41, 5.74) is 3.91. The van der Waals surface area contributed by atoms with E-state index in [2.05, 4.69) is 66.7 Å². The van der Waals surface area contributed by atoms with Gasteiger partial charge < -0.3 is 4.90 Å². The van der Waals surface area contributed by atoms with Gasteiger partial charge in [0.15, 0.2) is 0 Å². The zero-order chi connectivity index (χ0) is 20.3. The second-order valence-electron chi connectivity index (χ2n) is 9.55. The molecule has 1 heterocycles. The van der Waals surface area contributed by atoms with E-state index in [9.17, 15) is 4.79 Å². The maximum absolute atomic E-state index is 13.4. The Bertz CT molecular complexity index is 663. The Kier molecular flexibility index (Phi) is 7.64. The first kappa shape index (κ1) is 21.9. The van der Waals surface area contributed by atoms with Crippen molar-refractivity contribution in [3.8, 4) is 0 Å². The Balaban J connectivity index is 1.65. The molecule has 1 fully saturated rings. The first-order chi connectivity index (χ1) is 13.4. The summed E-state index contributed by atoms with van der Waals surface area (Å²) >= 11 is 3.81. The molecule has 1 aliphatic heterocycles. The van der Waals surface area contributed by atoms with Gasteiger partial charge in [0, 0.05) is 22.5 Å². The fourth-order valence-corrected chi connectivity index (χ4v) is 5.37. The number of hydrogen-bond donors (Lipinski definition) is 0. The van der Waals surface area contributed by atoms with Crippen molar-refractivity contribution in [3.63, 3.8) is 0 Å². The van der Waals surface area contributed by atoms with Crippen LogP contribution in [-0.4, -0.2) is 16.8 Å². The van der Waals surface area contributed by atoms with Crippen LogP contribution in [0.25, 0.3) is 0 Å². The van der Waals surface area contributed by atoms with Gasteiger partial charge in [0.1, 0.15) is 0 Å². The minimum absolute atomic E-state index is 0.235. The summed E-state index contributed by atoms with van der Waals surface area (Å²) in [7, 11) is 0. The highest BCUT2D eigenvalue weighted by molar-refractivity contribution is 9.09. The van der Waals surface area contributed by atoms with Crippen LogP contribution in [0.5, 0.6) is 0 Å². The van der Waals surface area contributed by atoms with Crippen LogP contribution in [0, 0.1) is 17.8 Å². The van der Waals surface area contributed by atoms with E-state index in [1.807, 2.05) is 0 Å². The maximum atomic E-state index is 13.4. The predicted octanol–water partition coefficient (Wildman–Crippen LogP) is 6.92. The van der Waals surface area contributed by atoms with E-state index in [4.69, 9.17) is 0 Å². The number of hydrogen-bond acceptors (Lipinski definition) is 1. The van der Waals surface area contributed by atoms with Crippen molar-refractivity contribution in [1.29, 1.82) is 0 Å². The van der Waals surface area contributed by atoms with Crippen LogP contribution in [-0.2, 0) is 17.6 Å². The topological polar surface area (TPSA) is 20.3 Å². The number of unbranched alkanes of at least 4 members (excludes halogenated alkanes) is 1. The van der Waals surface area contributed by atoms with Crippen molar-refractivity contribution >= 4 is 27.5 Å². The summed E-state index contributed by atoms with van der Waals surface area (Å²) in [6, 6.07) is 7.08. The largest absolute Gasteiger partial charge is 0.309 e. The van der Waals surface area contributed by atoms with Crippen LogP contribution in [0.4, 0.5) is 5.69 Å². The van der Waals surface area contributed by atoms with Crippen LogP contribution < -0.4 is 4.90 Å². The molecule has 1 aliphatic carbocycles. The third kappa shape index (κ3) is 5.01. The lowest BCUT2D eigenvalue weighted by Crippen LogP contribution is -2.41. The number of halogens is 1. The minimum Gasteiger partial charge on any atom is -0.309 e. The Morgan fingerprint density at radius 2 is 1.93 bits per heavy atom. The van der Waals surface area contributed by atoms with E-state index in [0.29, 0.717) is 22.7 Å². The Labute approximate surface area is 180 Å². The molecule has 0 bridgehead atoms. The molecule has 1 aromatic rings. The standard InChI is InChI=1S/C25H38BrNO/c1-5-6-7-19-8-11-21(12-9-19)25(28)27-18(4)14-22-15-20(10-13-24(22)27)16-23(26)17(2)3/h10,13,15,17-19,21,23H,5-9,11-12,14,16H2,1-4H3. The first-order valence-corrected chi connectivity index (χ1v) is 12.4. The average molecular weight is 448 g/mol. The molecular formula is C25H38BrNO. The number of nitrogens with zero attached hydrogens (tertiary/aromatic N) is 1. The van der Waals surface area contributed by atoms with Crippen molar-refractivity contribution in [3.05, 3.63) is 29.3 Å². The lowest BCUT2D eigenvalue weighted by atomic mass is 9.79. The molecule has 2 atom stereocenters. The van der Waals surface area contributed by atoms with Crippen molar-refractivity contribution in [2.24, 2.45) is 17.8 Å². The van der Waals surface area contributed by atoms with Gasteiger partial charge in [0.05, 0.1) is 0 Å². The summed E-state index contributed by atoms with van der Waals surface area (Å²) in [4.78, 5) is 16.0. The number of anilines is 1. The van der Waals surface area contributed by atoms with Gasteiger partial charge in [-0.1, -0.05) is 68.1 Å². The monoisotopic (exact) mass is 447 g/mol. The number of amides is 1. The number of carbonyl (C=O) groups excluding carboxylic acids is 1. The Hall–Kier alpha value is -0.830. The van der Waals surface area contributed by atoms with Gasteiger partial charge in [-0.05, 0) is 74.5 Å². The SMILES string of the molecule is CCCCC1CCC(C(=O)N2c3ccc(CC(Br)C(C)C)cc3CC2C)CC1. The van der Waals surface area contributed by atoms with Gasteiger partial charge in [-0.25, -0.2) is 0 Å². The normalized spacial score (nSPS) is 25.8. The Morgan fingerprint density at radius 3 is 2.57 bits per heavy atom. The summed E-state index contributed by atoms with van der Waals surface area (Å²) in [5.74, 6) is 2.10. The van der Waals surface area contributed by atoms with E-state index in [-0.39, 0.29) is 5.92 Å². The highest BCUT2D eigenvalue weighted by Crippen LogP contribution is 2.38. The highest BCUT2D eigenvalue weighted by atomic mass is 79.9. The van der Waals surface area contributed by atoms with E-state index < -0.39 is 0 Å². The second-order valence-corrected chi connectivity index (χ2v) is 10.7. The third-order valence-electron chi connectivity index (χ3n) is 6.91. The summed E-state index contributed by atoms with van der Waals surface area (Å²) < 4.78 is 0. The minimum atomic E-state index is 0.235. The first-order valence-electron chi connectivity index (χ1n) is 11.5. The maximum Gasteiger partial charge on any atom is 0.230 e. The zero-order valence-corrected chi connectivity index (χ0v) is 19.8. The lowest BCUT2D eigenvalue weighted by molar-refractivity contribution is -0.123. The van der Waals surface area contributed by atoms with Gasteiger partial charge in [-0.15, -0.1) is 0 Å². The third-order valence-corrected chi connectivity index (χ3v) is 8.29. The van der Waals surface area contributed by atoms with Gasteiger partial charge in [0.25, 0.3) is 0 Å². The zero-order valence-electron chi connectivity index (χ0n) is 18.2. The van der Waals surface area contributed by atoms with E-state index in [0.717, 1.165) is 31.6 Å². The van der Waals surface area contributed by atoms with Crippen molar-refractivity contribution in [2.75, 3.05) is 4.90 Å². The fraction of sp³-hybridized carbons (Fsp3) is 0.720. The van der Waals surface area contributed by atoms with Gasteiger partial charge in [0.2, 0.25) is 5.91 Å². The van der Waals surface area contributed by atoms with Crippen LogP contribution in [0.1, 0.15) is 83.8 Å². The number of alkyl halides is 1. The average Bonchev–Trinajstić information content (AvgIpc) is 3.01. The molecule has 0 radical (unpaired) electrons. The summed E-state index contributed by atoms with van der Waals surface area (Å²) in [6.07, 6.45) is 10.7. The van der Waals surface area contributed by atoms with Crippen LogP contribution in [0.3, 0.4) is 0 Å². The van der Waals surface area contributed by atoms with Gasteiger partial charge in [-0.3, -0.25) is 4.79 Å². The second kappa shape index (κ2) is 9.78. The summed E-state index contributed by atoms with van der Waals surface area (Å²) in [5, 5.41) is 0. The molecule has 1 amide bonds. The molecule has 0 spiro atoms. The molecule has 3 rings (SSSR count). The molecule has 0 N–H and O–H groups in total. The molecule has 0 aromatic heterocycles. The smallest absolute Gasteiger partial charge is 0.230 e. The number of rotatable bonds is 7. The van der Waals surface area contributed by atoms with Gasteiger partial charge >= 0.3 is 0 Å². The van der Waals surface area contributed by atoms with Gasteiger partial charge in [-0.2, -0.15) is 0 Å². The molecule has 3 heteroatoms. The Morgan fingerprint density at radius 1 is 1.21 bits per heavy atom. The molecule has 1 aromatic carbocycles. The van der Waals surface area contributed by atoms with E-state index in [1.165, 1.54) is 48.9 Å². The molecule has 2 aliphatic rings. The molecular weight excluding hydrogens is 410 g/mol. The van der Waals surface area contributed by atoms with Crippen molar-refractivity contribution in [1.82, 2.24) is 0 Å². The van der Waals surface area contributed by atoms with Crippen molar-refractivity contribution in [2.45, 2.75) is 96.4 Å². The van der Waals surface area contributed by atoms with Crippen LogP contribution in [0.2, 0.25) is 0 Å². The quantitative estimate of drug-likeness (QED) is 0.415. The molecule has 28 heavy (non-hydrogen) atoms. The lowest BCUT2D eigenvalue weighted by Gasteiger charge is -2.32. The number of benzene rings is 1. The summed E-state index contributed by atoms with van der Waals surface area (Å²) in [6.45, 7) is 9.00. The number of fused-ring (bicyclic) bond motifs is 1. The van der Waals surface area contributed by atoms with Crippen LogP contribution in [0.15, 0.2) is 18.2 Å². The molecule has 2 nitrogen and oxygen atoms in total. The predicted molar refractivity (Wildman–Crippen MR) is 123 cm³/mol. The molecule has 2 unspecified atom stereocenters. The van der Waals surface area contributed by atoms with Crippen LogP contribution >= 0.6 is 15.9 Å².